The first-order chi connectivity index (χ1) is 21.0. The first-order valence-electron chi connectivity index (χ1n) is 15.3. The maximum Gasteiger partial charge on any atom is 0.346 e. The molecule has 222 valence electrons. The van der Waals surface area contributed by atoms with Gasteiger partial charge in [-0.25, -0.2) is 4.79 Å². The molecule has 43 heavy (non-hydrogen) atoms. The zero-order chi connectivity index (χ0) is 30.2. The number of benzene rings is 2. The van der Waals surface area contributed by atoms with Crippen LogP contribution in [0.1, 0.15) is 75.7 Å². The predicted octanol–water partition coefficient (Wildman–Crippen LogP) is 11.1. The number of nitriles is 1. The van der Waals surface area contributed by atoms with E-state index < -0.39 is 5.97 Å². The van der Waals surface area contributed by atoms with Gasteiger partial charge in [-0.05, 0) is 85.0 Å². The average Bonchev–Trinajstić information content (AvgIpc) is 3.69. The Hall–Kier alpha value is -3.86. The molecule has 1 N–H and O–H groups in total. The van der Waals surface area contributed by atoms with Gasteiger partial charge in [0.1, 0.15) is 11.6 Å². The van der Waals surface area contributed by atoms with Crippen molar-refractivity contribution in [3.8, 4) is 37.8 Å². The van der Waals surface area contributed by atoms with Crippen LogP contribution in [0.25, 0.3) is 26.3 Å². The van der Waals surface area contributed by atoms with Crippen LogP contribution < -0.4 is 9.64 Å². The molecule has 0 atom stereocenters. The fraction of sp³-hybridized carbons (Fsp3) is 0.333. The minimum Gasteiger partial charge on any atom is -0.477 e. The lowest BCUT2D eigenvalue weighted by atomic mass is 10.1. The maximum atomic E-state index is 11.4. The van der Waals surface area contributed by atoms with Crippen molar-refractivity contribution in [1.82, 2.24) is 0 Å². The standard InChI is InChI=1S/C36H38N2O3S2/c1-3-5-7-9-11-28-14-17-34(42-28)35-19-18-33(43-35)26-13-16-30-32(23-26)41-31-22-25(21-27(24-37)36(39)40)12-15-29(31)38(30)20-10-8-6-4-2/h12-19,21-23H,3-11,20H2,1-2H3,(H,39,40)/b27-21-. The molecule has 0 amide bonds. The van der Waals surface area contributed by atoms with Crippen LogP contribution in [0.3, 0.4) is 0 Å². The van der Waals surface area contributed by atoms with E-state index in [0.29, 0.717) is 11.3 Å². The van der Waals surface area contributed by atoms with Crippen molar-refractivity contribution in [2.75, 3.05) is 11.4 Å². The van der Waals surface area contributed by atoms with E-state index in [4.69, 9.17) is 4.74 Å². The van der Waals surface area contributed by atoms with Crippen molar-refractivity contribution >= 4 is 46.1 Å². The summed E-state index contributed by atoms with van der Waals surface area (Å²) in [6.07, 6.45) is 12.3. The van der Waals surface area contributed by atoms with Gasteiger partial charge in [0.25, 0.3) is 0 Å². The van der Waals surface area contributed by atoms with E-state index in [-0.39, 0.29) is 5.57 Å². The molecule has 1 aliphatic heterocycles. The number of hydrogen-bond donors (Lipinski definition) is 1. The summed E-state index contributed by atoms with van der Waals surface area (Å²) in [6, 6.07) is 22.8. The molecule has 2 aromatic carbocycles. The smallest absolute Gasteiger partial charge is 0.346 e. The largest absolute Gasteiger partial charge is 0.477 e. The summed E-state index contributed by atoms with van der Waals surface area (Å²) < 4.78 is 6.47. The molecule has 0 spiro atoms. The first-order valence-corrected chi connectivity index (χ1v) is 16.9. The summed E-state index contributed by atoms with van der Waals surface area (Å²) >= 11 is 3.71. The molecule has 2 aromatic heterocycles. The van der Waals surface area contributed by atoms with Crippen molar-refractivity contribution in [1.29, 1.82) is 5.26 Å². The molecule has 0 bridgehead atoms. The summed E-state index contributed by atoms with van der Waals surface area (Å²) in [5.74, 6) is 0.198. The van der Waals surface area contributed by atoms with Crippen LogP contribution in [-0.4, -0.2) is 17.6 Å². The second-order valence-corrected chi connectivity index (χ2v) is 13.2. The molecule has 3 heterocycles. The second-order valence-electron chi connectivity index (χ2n) is 10.9. The number of unbranched alkanes of at least 4 members (excludes halogenated alkanes) is 6. The van der Waals surface area contributed by atoms with Gasteiger partial charge in [0.15, 0.2) is 11.5 Å². The third-order valence-electron chi connectivity index (χ3n) is 7.71. The molecule has 0 fully saturated rings. The van der Waals surface area contributed by atoms with Crippen LogP contribution in [0.4, 0.5) is 11.4 Å². The second kappa shape index (κ2) is 14.5. The lowest BCUT2D eigenvalue weighted by Gasteiger charge is -2.33. The number of anilines is 2. The molecule has 0 aliphatic carbocycles. The summed E-state index contributed by atoms with van der Waals surface area (Å²) in [6.45, 7) is 5.32. The third-order valence-corrected chi connectivity index (χ3v) is 10.2. The highest BCUT2D eigenvalue weighted by Gasteiger charge is 2.25. The van der Waals surface area contributed by atoms with Crippen LogP contribution in [0, 0.1) is 11.3 Å². The van der Waals surface area contributed by atoms with Crippen molar-refractivity contribution in [3.05, 3.63) is 76.7 Å². The molecular formula is C36H38N2O3S2. The molecule has 0 saturated heterocycles. The number of nitrogens with zero attached hydrogens (tertiary/aromatic N) is 2. The van der Waals surface area contributed by atoms with Crippen LogP contribution >= 0.6 is 22.7 Å². The topological polar surface area (TPSA) is 73.6 Å². The minimum absolute atomic E-state index is 0.308. The molecular weight excluding hydrogens is 573 g/mol. The summed E-state index contributed by atoms with van der Waals surface area (Å²) in [7, 11) is 0. The average molecular weight is 611 g/mol. The Labute approximate surface area is 262 Å². The Bertz CT molecular complexity index is 1640. The van der Waals surface area contributed by atoms with Gasteiger partial charge in [0.2, 0.25) is 0 Å². The SMILES string of the molecule is CCCCCCc1ccc(-c2ccc(-c3ccc4c(c3)Oc3cc(/C=C(/C#N)C(=O)O)ccc3N4CCCCCC)s2)s1. The van der Waals surface area contributed by atoms with E-state index in [0.717, 1.165) is 48.5 Å². The number of rotatable bonds is 14. The molecule has 0 unspecified atom stereocenters. The highest BCUT2D eigenvalue weighted by Crippen LogP contribution is 2.49. The molecule has 0 saturated carbocycles. The van der Waals surface area contributed by atoms with Crippen LogP contribution in [0.5, 0.6) is 11.5 Å². The van der Waals surface area contributed by atoms with Gasteiger partial charge >= 0.3 is 5.97 Å². The van der Waals surface area contributed by atoms with E-state index in [1.165, 1.54) is 64.1 Å². The number of carboxylic acids is 1. The summed E-state index contributed by atoms with van der Waals surface area (Å²) in [5, 5.41) is 18.6. The number of carboxylic acid groups (broad SMARTS) is 1. The van der Waals surface area contributed by atoms with Gasteiger partial charge in [-0.15, -0.1) is 22.7 Å². The number of aliphatic carboxylic acids is 1. The van der Waals surface area contributed by atoms with Gasteiger partial charge < -0.3 is 14.7 Å². The van der Waals surface area contributed by atoms with Gasteiger partial charge in [0.05, 0.1) is 11.4 Å². The highest BCUT2D eigenvalue weighted by molar-refractivity contribution is 7.23. The van der Waals surface area contributed by atoms with Crippen LogP contribution in [0.15, 0.2) is 66.2 Å². The Balaban J connectivity index is 1.41. The summed E-state index contributed by atoms with van der Waals surface area (Å²) in [5.41, 5.74) is 3.39. The molecule has 7 heteroatoms. The molecule has 5 rings (SSSR count). The van der Waals surface area contributed by atoms with E-state index >= 15 is 0 Å². The van der Waals surface area contributed by atoms with Crippen molar-refractivity contribution in [3.63, 3.8) is 0 Å². The fourth-order valence-electron chi connectivity index (χ4n) is 5.39. The van der Waals surface area contributed by atoms with E-state index in [1.807, 2.05) is 29.5 Å². The Morgan fingerprint density at radius 3 is 2.26 bits per heavy atom. The highest BCUT2D eigenvalue weighted by atomic mass is 32.1. The van der Waals surface area contributed by atoms with E-state index in [2.05, 4.69) is 61.2 Å². The number of hydrogen-bond acceptors (Lipinski definition) is 6. The third kappa shape index (κ3) is 7.38. The van der Waals surface area contributed by atoms with Gasteiger partial charge in [0, 0.05) is 26.1 Å². The number of aryl methyl sites for hydroxylation is 1. The quantitative estimate of drug-likeness (QED) is 0.0873. The number of ether oxygens (including phenoxy) is 1. The normalized spacial score (nSPS) is 12.4. The Morgan fingerprint density at radius 1 is 0.837 bits per heavy atom. The fourth-order valence-corrected chi connectivity index (χ4v) is 7.53. The van der Waals surface area contributed by atoms with Crippen LogP contribution in [0.2, 0.25) is 0 Å². The molecule has 4 aromatic rings. The molecule has 5 nitrogen and oxygen atoms in total. The lowest BCUT2D eigenvalue weighted by molar-refractivity contribution is -0.132. The van der Waals surface area contributed by atoms with Crippen molar-refractivity contribution < 1.29 is 14.6 Å². The van der Waals surface area contributed by atoms with Gasteiger partial charge in [-0.3, -0.25) is 0 Å². The van der Waals surface area contributed by atoms with Gasteiger partial charge in [-0.1, -0.05) is 64.5 Å². The molecule has 1 aliphatic rings. The summed E-state index contributed by atoms with van der Waals surface area (Å²) in [4.78, 5) is 19.0. The Kier molecular flexibility index (Phi) is 10.3. The van der Waals surface area contributed by atoms with E-state index in [9.17, 15) is 15.2 Å². The van der Waals surface area contributed by atoms with Crippen LogP contribution in [-0.2, 0) is 11.2 Å². The zero-order valence-corrected chi connectivity index (χ0v) is 26.5. The van der Waals surface area contributed by atoms with Crippen molar-refractivity contribution in [2.45, 2.75) is 71.6 Å². The number of carbonyl (C=O) groups is 1. The number of thiophene rings is 2. The predicted molar refractivity (Wildman–Crippen MR) is 180 cm³/mol. The van der Waals surface area contributed by atoms with E-state index in [1.54, 1.807) is 17.4 Å². The lowest BCUT2D eigenvalue weighted by Crippen LogP contribution is -2.22. The number of fused-ring (bicyclic) bond motifs is 2. The van der Waals surface area contributed by atoms with Gasteiger partial charge in [-0.2, -0.15) is 5.26 Å². The maximum absolute atomic E-state index is 11.4. The monoisotopic (exact) mass is 610 g/mol. The van der Waals surface area contributed by atoms with Crippen molar-refractivity contribution in [2.24, 2.45) is 0 Å². The molecule has 0 radical (unpaired) electrons. The minimum atomic E-state index is -1.24. The zero-order valence-electron chi connectivity index (χ0n) is 24.9. The first kappa shape index (κ1) is 30.6. The Morgan fingerprint density at radius 2 is 1.51 bits per heavy atom.